The molecule has 0 saturated heterocycles. The summed E-state index contributed by atoms with van der Waals surface area (Å²) >= 11 is 0. The summed E-state index contributed by atoms with van der Waals surface area (Å²) in [6.45, 7) is 0.109. The first-order valence-corrected chi connectivity index (χ1v) is 8.11. The molecule has 1 heterocycles. The summed E-state index contributed by atoms with van der Waals surface area (Å²) in [7, 11) is 2.83. The van der Waals surface area contributed by atoms with Gasteiger partial charge in [-0.05, 0) is 36.2 Å². The summed E-state index contributed by atoms with van der Waals surface area (Å²) in [5, 5.41) is 2.64. The Bertz CT molecular complexity index is 825. The lowest BCUT2D eigenvalue weighted by Crippen LogP contribution is -2.37. The van der Waals surface area contributed by atoms with Crippen LogP contribution >= 0.6 is 0 Å². The highest BCUT2D eigenvalue weighted by molar-refractivity contribution is 5.79. The predicted molar refractivity (Wildman–Crippen MR) is 90.4 cm³/mol. The molecule has 1 N–H and O–H groups in total. The second-order valence-corrected chi connectivity index (χ2v) is 5.96. The molecule has 26 heavy (non-hydrogen) atoms. The topological polar surface area (TPSA) is 56.8 Å². The molecular formula is C19H19F2NO4. The van der Waals surface area contributed by atoms with Crippen LogP contribution in [0.1, 0.15) is 11.1 Å². The van der Waals surface area contributed by atoms with Crippen molar-refractivity contribution in [3.05, 3.63) is 53.1 Å². The van der Waals surface area contributed by atoms with E-state index >= 15 is 0 Å². The lowest BCUT2D eigenvalue weighted by molar-refractivity contribution is -0.126. The van der Waals surface area contributed by atoms with Crippen LogP contribution < -0.4 is 19.5 Å². The van der Waals surface area contributed by atoms with E-state index in [1.807, 2.05) is 6.07 Å². The van der Waals surface area contributed by atoms with Crippen LogP contribution in [0, 0.1) is 17.6 Å². The van der Waals surface area contributed by atoms with Crippen molar-refractivity contribution >= 4 is 5.91 Å². The lowest BCUT2D eigenvalue weighted by atomic mass is 9.95. The van der Waals surface area contributed by atoms with Crippen molar-refractivity contribution < 1.29 is 27.8 Å². The minimum Gasteiger partial charge on any atom is -0.497 e. The zero-order chi connectivity index (χ0) is 18.7. The van der Waals surface area contributed by atoms with E-state index in [0.29, 0.717) is 12.2 Å². The summed E-state index contributed by atoms with van der Waals surface area (Å²) in [5.41, 5.74) is 0.924. The Balaban J connectivity index is 1.65. The van der Waals surface area contributed by atoms with Crippen LogP contribution in [0.4, 0.5) is 8.78 Å². The van der Waals surface area contributed by atoms with Gasteiger partial charge in [-0.1, -0.05) is 6.07 Å². The molecule has 0 fully saturated rings. The van der Waals surface area contributed by atoms with Crippen LogP contribution in [-0.4, -0.2) is 26.7 Å². The van der Waals surface area contributed by atoms with Gasteiger partial charge < -0.3 is 19.5 Å². The number of amides is 1. The molecule has 1 amide bonds. The molecule has 0 bridgehead atoms. The van der Waals surface area contributed by atoms with Crippen molar-refractivity contribution in [3.8, 4) is 17.2 Å². The normalized spacial score (nSPS) is 15.6. The maximum Gasteiger partial charge on any atom is 0.227 e. The number of halogens is 2. The highest BCUT2D eigenvalue weighted by atomic mass is 19.2. The van der Waals surface area contributed by atoms with Gasteiger partial charge in [-0.15, -0.1) is 0 Å². The van der Waals surface area contributed by atoms with Crippen LogP contribution in [0.15, 0.2) is 30.3 Å². The number of hydrogen-bond donors (Lipinski definition) is 1. The largest absolute Gasteiger partial charge is 0.497 e. The van der Waals surface area contributed by atoms with Crippen molar-refractivity contribution in [3.63, 3.8) is 0 Å². The Morgan fingerprint density at radius 2 is 2.00 bits per heavy atom. The number of fused-ring (bicyclic) bond motifs is 1. The molecule has 0 unspecified atom stereocenters. The van der Waals surface area contributed by atoms with Gasteiger partial charge in [0, 0.05) is 12.1 Å². The molecule has 3 rings (SSSR count). The lowest BCUT2D eigenvalue weighted by Gasteiger charge is -2.25. The van der Waals surface area contributed by atoms with E-state index in [1.165, 1.54) is 19.2 Å². The van der Waals surface area contributed by atoms with E-state index in [4.69, 9.17) is 14.2 Å². The number of methoxy groups -OCH3 is 2. The standard InChI is InChI=1S/C19H19F2NO4/c1-24-14-4-6-15-12(8-14)7-13(10-26-15)19(23)22-9-11-3-5-16(25-2)18(21)17(11)20/h3-6,8,13H,7,9-10H2,1-2H3,(H,22,23)/t13-/m1/s1. The van der Waals surface area contributed by atoms with Gasteiger partial charge in [0.05, 0.1) is 20.1 Å². The van der Waals surface area contributed by atoms with Gasteiger partial charge in [-0.3, -0.25) is 4.79 Å². The summed E-state index contributed by atoms with van der Waals surface area (Å²) < 4.78 is 43.2. The summed E-state index contributed by atoms with van der Waals surface area (Å²) in [5.74, 6) is -1.57. The fourth-order valence-corrected chi connectivity index (χ4v) is 2.86. The predicted octanol–water partition coefficient (Wildman–Crippen LogP) is 2.85. The molecule has 0 aliphatic carbocycles. The minimum absolute atomic E-state index is 0.0513. The van der Waals surface area contributed by atoms with E-state index < -0.39 is 17.6 Å². The smallest absolute Gasteiger partial charge is 0.227 e. The molecule has 138 valence electrons. The van der Waals surface area contributed by atoms with Crippen LogP contribution in [0.5, 0.6) is 17.2 Å². The van der Waals surface area contributed by atoms with E-state index in [-0.39, 0.29) is 30.4 Å². The number of rotatable bonds is 5. The Hall–Kier alpha value is -2.83. The number of benzene rings is 2. The minimum atomic E-state index is -1.07. The van der Waals surface area contributed by atoms with Gasteiger partial charge in [0.1, 0.15) is 18.1 Å². The van der Waals surface area contributed by atoms with Crippen molar-refractivity contribution in [2.24, 2.45) is 5.92 Å². The Labute approximate surface area is 149 Å². The average molecular weight is 363 g/mol. The quantitative estimate of drug-likeness (QED) is 0.888. The van der Waals surface area contributed by atoms with Gasteiger partial charge in [-0.2, -0.15) is 4.39 Å². The second kappa shape index (κ2) is 7.59. The molecule has 5 nitrogen and oxygen atoms in total. The van der Waals surface area contributed by atoms with E-state index in [2.05, 4.69) is 5.32 Å². The molecule has 0 spiro atoms. The molecule has 0 saturated carbocycles. The first-order valence-electron chi connectivity index (χ1n) is 8.11. The van der Waals surface area contributed by atoms with Crippen LogP contribution in [0.3, 0.4) is 0 Å². The number of carbonyl (C=O) groups excluding carboxylic acids is 1. The number of carbonyl (C=O) groups is 1. The third-order valence-corrected chi connectivity index (χ3v) is 4.34. The van der Waals surface area contributed by atoms with Crippen LogP contribution in [-0.2, 0) is 17.8 Å². The fourth-order valence-electron chi connectivity index (χ4n) is 2.86. The molecule has 2 aromatic carbocycles. The summed E-state index contributed by atoms with van der Waals surface area (Å²) in [4.78, 5) is 12.4. The van der Waals surface area contributed by atoms with Crippen molar-refractivity contribution in [2.75, 3.05) is 20.8 Å². The molecule has 2 aromatic rings. The molecule has 1 aliphatic rings. The first kappa shape index (κ1) is 18.0. The van der Waals surface area contributed by atoms with Gasteiger partial charge in [0.15, 0.2) is 11.6 Å². The Morgan fingerprint density at radius 1 is 1.19 bits per heavy atom. The summed E-state index contributed by atoms with van der Waals surface area (Å²) in [6, 6.07) is 8.13. The first-order chi connectivity index (χ1) is 12.5. The van der Waals surface area contributed by atoms with Crippen LogP contribution in [0.2, 0.25) is 0 Å². The van der Waals surface area contributed by atoms with Gasteiger partial charge in [-0.25, -0.2) is 4.39 Å². The van der Waals surface area contributed by atoms with E-state index in [9.17, 15) is 13.6 Å². The number of ether oxygens (including phenoxy) is 3. The molecule has 1 atom stereocenters. The van der Waals surface area contributed by atoms with Gasteiger partial charge in [0.2, 0.25) is 11.7 Å². The van der Waals surface area contributed by atoms with Crippen molar-refractivity contribution in [1.82, 2.24) is 5.32 Å². The Kier molecular flexibility index (Phi) is 5.25. The molecule has 7 heteroatoms. The zero-order valence-corrected chi connectivity index (χ0v) is 14.5. The second-order valence-electron chi connectivity index (χ2n) is 5.96. The number of hydrogen-bond acceptors (Lipinski definition) is 4. The number of nitrogens with one attached hydrogen (secondary N) is 1. The third-order valence-electron chi connectivity index (χ3n) is 4.34. The molecule has 1 aliphatic heterocycles. The molecular weight excluding hydrogens is 344 g/mol. The molecule has 0 aromatic heterocycles. The average Bonchev–Trinajstić information content (AvgIpc) is 2.68. The SMILES string of the molecule is COc1ccc2c(c1)C[C@@H](C(=O)NCc1ccc(OC)c(F)c1F)CO2. The maximum atomic E-state index is 14.0. The van der Waals surface area contributed by atoms with E-state index in [0.717, 1.165) is 11.3 Å². The third kappa shape index (κ3) is 3.56. The summed E-state index contributed by atoms with van der Waals surface area (Å²) in [6.07, 6.45) is 0.484. The Morgan fingerprint density at radius 3 is 2.73 bits per heavy atom. The highest BCUT2D eigenvalue weighted by Crippen LogP contribution is 2.31. The van der Waals surface area contributed by atoms with Gasteiger partial charge in [0.25, 0.3) is 0 Å². The van der Waals surface area contributed by atoms with E-state index in [1.54, 1.807) is 19.2 Å². The zero-order valence-electron chi connectivity index (χ0n) is 14.5. The maximum absolute atomic E-state index is 14.0. The van der Waals surface area contributed by atoms with Crippen molar-refractivity contribution in [1.29, 1.82) is 0 Å². The van der Waals surface area contributed by atoms with Gasteiger partial charge >= 0.3 is 0 Å². The monoisotopic (exact) mass is 363 g/mol. The highest BCUT2D eigenvalue weighted by Gasteiger charge is 2.26. The van der Waals surface area contributed by atoms with Crippen molar-refractivity contribution in [2.45, 2.75) is 13.0 Å². The molecule has 0 radical (unpaired) electrons. The fraction of sp³-hybridized carbons (Fsp3) is 0.316. The van der Waals surface area contributed by atoms with Crippen LogP contribution in [0.25, 0.3) is 0 Å².